The van der Waals surface area contributed by atoms with Crippen molar-refractivity contribution < 1.29 is 9.53 Å². The molecular weight excluding hydrogens is 294 g/mol. The Morgan fingerprint density at radius 3 is 2.80 bits per heavy atom. The fourth-order valence-electron chi connectivity index (χ4n) is 1.96. The third-order valence-corrected chi connectivity index (χ3v) is 4.26. The van der Waals surface area contributed by atoms with Crippen LogP contribution in [0.4, 0.5) is 0 Å². The minimum Gasteiger partial charge on any atom is -0.491 e. The molecule has 0 bridgehead atoms. The molecule has 0 unspecified atom stereocenters. The van der Waals surface area contributed by atoms with Gasteiger partial charge in [-0.2, -0.15) is 0 Å². The number of allylic oxidation sites excluding steroid dienone is 1. The summed E-state index contributed by atoms with van der Waals surface area (Å²) in [6, 6.07) is 3.59. The number of hydrogen-bond donors (Lipinski definition) is 1. The molecule has 0 atom stereocenters. The van der Waals surface area contributed by atoms with Crippen LogP contribution in [0.2, 0.25) is 5.02 Å². The number of halogens is 1. The Morgan fingerprint density at radius 2 is 2.25 bits per heavy atom. The maximum Gasteiger partial charge on any atom is 0.160 e. The first-order chi connectivity index (χ1) is 9.58. The molecule has 1 aliphatic carbocycles. The summed E-state index contributed by atoms with van der Waals surface area (Å²) in [6.45, 7) is 2.43. The number of rotatable bonds is 6. The van der Waals surface area contributed by atoms with Crippen LogP contribution < -0.4 is 10.5 Å². The predicted octanol–water partition coefficient (Wildman–Crippen LogP) is 3.74. The SMILES string of the molecule is CCOc1c(Cl)ccc(/C(N)=C\C(=O)C2CC2)c1SC. The Morgan fingerprint density at radius 1 is 1.55 bits per heavy atom. The summed E-state index contributed by atoms with van der Waals surface area (Å²) in [4.78, 5) is 12.7. The minimum absolute atomic E-state index is 0.113. The average Bonchev–Trinajstić information content (AvgIpc) is 3.25. The molecule has 1 fully saturated rings. The molecule has 1 saturated carbocycles. The highest BCUT2D eigenvalue weighted by atomic mass is 35.5. The van der Waals surface area contributed by atoms with E-state index in [0.29, 0.717) is 23.1 Å². The summed E-state index contributed by atoms with van der Waals surface area (Å²) in [6.07, 6.45) is 5.43. The van der Waals surface area contributed by atoms with E-state index >= 15 is 0 Å². The number of benzene rings is 1. The van der Waals surface area contributed by atoms with Gasteiger partial charge in [0.25, 0.3) is 0 Å². The highest BCUT2D eigenvalue weighted by molar-refractivity contribution is 7.98. The summed E-state index contributed by atoms with van der Waals surface area (Å²) in [5, 5.41) is 0.557. The van der Waals surface area contributed by atoms with Gasteiger partial charge in [0, 0.05) is 23.3 Å². The van der Waals surface area contributed by atoms with Crippen LogP contribution in [-0.4, -0.2) is 18.6 Å². The minimum atomic E-state index is 0.113. The standard InChI is InChI=1S/C15H18ClNO2S/c1-3-19-14-11(16)7-6-10(15(14)20-2)12(17)8-13(18)9-4-5-9/h6-9H,3-5,17H2,1-2H3/b12-8+. The predicted molar refractivity (Wildman–Crippen MR) is 84.3 cm³/mol. The zero-order valence-corrected chi connectivity index (χ0v) is 13.2. The third-order valence-electron chi connectivity index (χ3n) is 3.15. The van der Waals surface area contributed by atoms with Crippen molar-refractivity contribution in [3.63, 3.8) is 0 Å². The van der Waals surface area contributed by atoms with E-state index in [1.807, 2.05) is 19.2 Å². The molecule has 2 N–H and O–H groups in total. The summed E-state index contributed by atoms with van der Waals surface area (Å²) < 4.78 is 5.59. The van der Waals surface area contributed by atoms with E-state index in [1.165, 1.54) is 17.8 Å². The molecule has 108 valence electrons. The van der Waals surface area contributed by atoms with Gasteiger partial charge in [0.15, 0.2) is 11.5 Å². The molecule has 5 heteroatoms. The number of ketones is 1. The third kappa shape index (κ3) is 3.30. The molecule has 3 nitrogen and oxygen atoms in total. The van der Waals surface area contributed by atoms with Crippen molar-refractivity contribution in [1.82, 2.24) is 0 Å². The second-order valence-corrected chi connectivity index (χ2v) is 5.89. The molecular formula is C15H18ClNO2S. The van der Waals surface area contributed by atoms with Gasteiger partial charge < -0.3 is 10.5 Å². The Labute approximate surface area is 128 Å². The quantitative estimate of drug-likeness (QED) is 0.642. The summed E-state index contributed by atoms with van der Waals surface area (Å²) >= 11 is 7.68. The number of carbonyl (C=O) groups is 1. The molecule has 0 saturated heterocycles. The smallest absolute Gasteiger partial charge is 0.160 e. The average molecular weight is 312 g/mol. The van der Waals surface area contributed by atoms with Crippen LogP contribution in [-0.2, 0) is 4.79 Å². The molecule has 20 heavy (non-hydrogen) atoms. The Kier molecular flexibility index (Phi) is 5.00. The second kappa shape index (κ2) is 6.55. The fourth-order valence-corrected chi connectivity index (χ4v) is 2.99. The molecule has 0 aromatic heterocycles. The Balaban J connectivity index is 2.39. The normalized spacial score (nSPS) is 15.2. The molecule has 0 spiro atoms. The van der Waals surface area contributed by atoms with Crippen LogP contribution in [0.1, 0.15) is 25.3 Å². The zero-order chi connectivity index (χ0) is 14.7. The lowest BCUT2D eigenvalue weighted by atomic mass is 10.1. The Bertz CT molecular complexity index is 553. The number of hydrogen-bond acceptors (Lipinski definition) is 4. The van der Waals surface area contributed by atoms with Crippen molar-refractivity contribution in [1.29, 1.82) is 0 Å². The lowest BCUT2D eigenvalue weighted by Gasteiger charge is -2.15. The van der Waals surface area contributed by atoms with Crippen LogP contribution in [0, 0.1) is 5.92 Å². The maximum atomic E-state index is 11.8. The van der Waals surface area contributed by atoms with Gasteiger partial charge in [-0.25, -0.2) is 0 Å². The number of thioether (sulfide) groups is 1. The van der Waals surface area contributed by atoms with Crippen LogP contribution in [0.25, 0.3) is 5.70 Å². The van der Waals surface area contributed by atoms with Gasteiger partial charge in [-0.3, -0.25) is 4.79 Å². The van der Waals surface area contributed by atoms with Gasteiger partial charge in [0.2, 0.25) is 0 Å². The van der Waals surface area contributed by atoms with Crippen LogP contribution in [0.15, 0.2) is 23.1 Å². The maximum absolute atomic E-state index is 11.8. The van der Waals surface area contributed by atoms with Crippen molar-refractivity contribution in [3.8, 4) is 5.75 Å². The van der Waals surface area contributed by atoms with E-state index in [9.17, 15) is 4.79 Å². The van der Waals surface area contributed by atoms with Gasteiger partial charge in [0.05, 0.1) is 16.5 Å². The molecule has 1 aromatic carbocycles. The zero-order valence-electron chi connectivity index (χ0n) is 11.6. The van der Waals surface area contributed by atoms with E-state index in [2.05, 4.69) is 0 Å². The number of nitrogens with two attached hydrogens (primary N) is 1. The Hall–Kier alpha value is -1.13. The lowest BCUT2D eigenvalue weighted by Crippen LogP contribution is -2.05. The van der Waals surface area contributed by atoms with Gasteiger partial charge >= 0.3 is 0 Å². The van der Waals surface area contributed by atoms with Crippen LogP contribution in [0.3, 0.4) is 0 Å². The van der Waals surface area contributed by atoms with Crippen molar-refractivity contribution in [3.05, 3.63) is 28.8 Å². The highest BCUT2D eigenvalue weighted by Crippen LogP contribution is 2.39. The number of carbonyl (C=O) groups excluding carboxylic acids is 1. The lowest BCUT2D eigenvalue weighted by molar-refractivity contribution is -0.115. The molecule has 0 aliphatic heterocycles. The number of ether oxygens (including phenoxy) is 1. The van der Waals surface area contributed by atoms with E-state index in [0.717, 1.165) is 23.3 Å². The molecule has 0 radical (unpaired) electrons. The van der Waals surface area contributed by atoms with E-state index in [4.69, 9.17) is 22.1 Å². The van der Waals surface area contributed by atoms with E-state index in [1.54, 1.807) is 6.07 Å². The largest absolute Gasteiger partial charge is 0.491 e. The first-order valence-electron chi connectivity index (χ1n) is 6.59. The summed E-state index contributed by atoms with van der Waals surface area (Å²) in [5.41, 5.74) is 7.36. The second-order valence-electron chi connectivity index (χ2n) is 4.67. The van der Waals surface area contributed by atoms with Gasteiger partial charge in [-0.1, -0.05) is 17.7 Å². The van der Waals surface area contributed by atoms with Gasteiger partial charge in [-0.05, 0) is 32.1 Å². The first-order valence-corrected chi connectivity index (χ1v) is 8.19. The first kappa shape index (κ1) is 15.3. The highest BCUT2D eigenvalue weighted by Gasteiger charge is 2.28. The summed E-state index contributed by atoms with van der Waals surface area (Å²) in [7, 11) is 0. The van der Waals surface area contributed by atoms with Crippen molar-refractivity contribution in [2.75, 3.05) is 12.9 Å². The monoisotopic (exact) mass is 311 g/mol. The van der Waals surface area contributed by atoms with Gasteiger partial charge in [0.1, 0.15) is 0 Å². The fraction of sp³-hybridized carbons (Fsp3) is 0.400. The van der Waals surface area contributed by atoms with Crippen LogP contribution in [0.5, 0.6) is 5.75 Å². The molecule has 0 heterocycles. The molecule has 2 rings (SSSR count). The van der Waals surface area contributed by atoms with E-state index in [-0.39, 0.29) is 11.7 Å². The van der Waals surface area contributed by atoms with Crippen molar-refractivity contribution >= 4 is 34.8 Å². The van der Waals surface area contributed by atoms with E-state index < -0.39 is 0 Å². The summed E-state index contributed by atoms with van der Waals surface area (Å²) in [5.74, 6) is 0.918. The molecule has 1 aliphatic rings. The van der Waals surface area contributed by atoms with Crippen LogP contribution >= 0.6 is 23.4 Å². The van der Waals surface area contributed by atoms with Gasteiger partial charge in [-0.15, -0.1) is 11.8 Å². The van der Waals surface area contributed by atoms with Crippen molar-refractivity contribution in [2.24, 2.45) is 11.7 Å². The molecule has 1 aromatic rings. The molecule has 0 amide bonds. The topological polar surface area (TPSA) is 52.3 Å². The van der Waals surface area contributed by atoms with Crippen molar-refractivity contribution in [2.45, 2.75) is 24.7 Å².